The quantitative estimate of drug-likeness (QED) is 0.448. The number of nitrogens with one attached hydrogen (secondary N) is 1. The Balaban J connectivity index is 1.09. The maximum absolute atomic E-state index is 12.8. The van der Waals surface area contributed by atoms with E-state index in [1.54, 1.807) is 24.0 Å². The average molecular weight is 538 g/mol. The fraction of sp³-hybridized carbons (Fsp3) is 0.321. The van der Waals surface area contributed by atoms with E-state index in [2.05, 4.69) is 9.62 Å². The van der Waals surface area contributed by atoms with Crippen LogP contribution in [0.5, 0.6) is 17.2 Å². The molecular formula is C28H31N3O6S. The van der Waals surface area contributed by atoms with E-state index in [9.17, 15) is 13.2 Å². The van der Waals surface area contributed by atoms with Crippen LogP contribution in [0.25, 0.3) is 0 Å². The van der Waals surface area contributed by atoms with Crippen molar-refractivity contribution in [3.05, 3.63) is 83.4 Å². The van der Waals surface area contributed by atoms with Crippen molar-refractivity contribution in [3.63, 3.8) is 0 Å². The third-order valence-corrected chi connectivity index (χ3v) is 8.08. The Morgan fingerprint density at radius 2 is 1.68 bits per heavy atom. The molecule has 0 unspecified atom stereocenters. The Bertz CT molecular complexity index is 1390. The molecule has 3 aromatic carbocycles. The highest BCUT2D eigenvalue weighted by atomic mass is 32.2. The number of piperazine rings is 1. The second-order valence-corrected chi connectivity index (χ2v) is 11.1. The fourth-order valence-electron chi connectivity index (χ4n) is 4.49. The Kier molecular flexibility index (Phi) is 7.82. The van der Waals surface area contributed by atoms with E-state index in [-0.39, 0.29) is 30.7 Å². The first-order chi connectivity index (χ1) is 18.4. The lowest BCUT2D eigenvalue weighted by Crippen LogP contribution is -2.49. The molecular weight excluding hydrogens is 506 g/mol. The standard InChI is InChI=1S/C28H31N3O6S/c1-21-15-24(38(33,34)29-17-22-5-3-2-4-6-22)8-10-25(21)35-19-28(32)31-13-11-30(12-14-31)18-23-7-9-26-27(16-23)37-20-36-26/h2-10,15-16,29H,11-14,17-20H2,1H3. The molecule has 2 aliphatic heterocycles. The minimum Gasteiger partial charge on any atom is -0.483 e. The van der Waals surface area contributed by atoms with E-state index < -0.39 is 10.0 Å². The monoisotopic (exact) mass is 537 g/mol. The summed E-state index contributed by atoms with van der Waals surface area (Å²) in [5, 5.41) is 0. The molecule has 38 heavy (non-hydrogen) atoms. The zero-order valence-corrected chi connectivity index (χ0v) is 22.1. The van der Waals surface area contributed by atoms with Crippen LogP contribution in [-0.4, -0.2) is 63.7 Å². The number of rotatable bonds is 9. The predicted molar refractivity (Wildman–Crippen MR) is 142 cm³/mol. The molecule has 9 nitrogen and oxygen atoms in total. The molecule has 10 heteroatoms. The molecule has 1 saturated heterocycles. The molecule has 1 fully saturated rings. The molecule has 0 aromatic heterocycles. The van der Waals surface area contributed by atoms with Gasteiger partial charge in [0.1, 0.15) is 5.75 Å². The highest BCUT2D eigenvalue weighted by molar-refractivity contribution is 7.89. The van der Waals surface area contributed by atoms with Gasteiger partial charge in [0, 0.05) is 39.3 Å². The zero-order valence-electron chi connectivity index (χ0n) is 21.3. The molecule has 0 atom stereocenters. The summed E-state index contributed by atoms with van der Waals surface area (Å²) >= 11 is 0. The van der Waals surface area contributed by atoms with Crippen molar-refractivity contribution in [2.24, 2.45) is 0 Å². The van der Waals surface area contributed by atoms with Crippen molar-refractivity contribution < 1.29 is 27.4 Å². The molecule has 1 amide bonds. The largest absolute Gasteiger partial charge is 0.483 e. The van der Waals surface area contributed by atoms with Crippen molar-refractivity contribution in [2.75, 3.05) is 39.6 Å². The number of carbonyl (C=O) groups excluding carboxylic acids is 1. The van der Waals surface area contributed by atoms with Crippen molar-refractivity contribution in [1.82, 2.24) is 14.5 Å². The number of hydrogen-bond donors (Lipinski definition) is 1. The molecule has 2 aliphatic rings. The van der Waals surface area contributed by atoms with Gasteiger partial charge in [-0.2, -0.15) is 0 Å². The van der Waals surface area contributed by atoms with Crippen molar-refractivity contribution >= 4 is 15.9 Å². The SMILES string of the molecule is Cc1cc(S(=O)(=O)NCc2ccccc2)ccc1OCC(=O)N1CCN(Cc2ccc3c(c2)OCO3)CC1. The third-order valence-electron chi connectivity index (χ3n) is 6.69. The Morgan fingerprint density at radius 3 is 2.45 bits per heavy atom. The van der Waals surface area contributed by atoms with Crippen LogP contribution in [0.4, 0.5) is 0 Å². The lowest BCUT2D eigenvalue weighted by molar-refractivity contribution is -0.135. The first-order valence-corrected chi connectivity index (χ1v) is 14.0. The number of benzene rings is 3. The molecule has 0 radical (unpaired) electrons. The summed E-state index contributed by atoms with van der Waals surface area (Å²) in [5.41, 5.74) is 2.67. The van der Waals surface area contributed by atoms with Gasteiger partial charge >= 0.3 is 0 Å². The third kappa shape index (κ3) is 6.27. The van der Waals surface area contributed by atoms with Gasteiger partial charge in [0.05, 0.1) is 4.90 Å². The molecule has 0 aliphatic carbocycles. The van der Waals surface area contributed by atoms with Crippen LogP contribution < -0.4 is 18.9 Å². The van der Waals surface area contributed by atoms with Crippen LogP contribution in [-0.2, 0) is 27.9 Å². The number of aryl methyl sites for hydroxylation is 1. The Morgan fingerprint density at radius 1 is 0.921 bits per heavy atom. The molecule has 0 bridgehead atoms. The van der Waals surface area contributed by atoms with E-state index in [4.69, 9.17) is 14.2 Å². The normalized spacial score (nSPS) is 15.4. The molecule has 0 saturated carbocycles. The summed E-state index contributed by atoms with van der Waals surface area (Å²) in [7, 11) is -3.68. The maximum Gasteiger partial charge on any atom is 0.260 e. The van der Waals surface area contributed by atoms with Gasteiger partial charge in [-0.05, 0) is 53.9 Å². The first kappa shape index (κ1) is 26.0. The van der Waals surface area contributed by atoms with Crippen molar-refractivity contribution in [1.29, 1.82) is 0 Å². The smallest absolute Gasteiger partial charge is 0.260 e. The Hall–Kier alpha value is -3.60. The van der Waals surface area contributed by atoms with Crippen LogP contribution in [0, 0.1) is 6.92 Å². The predicted octanol–water partition coefficient (Wildman–Crippen LogP) is 2.93. The molecule has 3 aromatic rings. The van der Waals surface area contributed by atoms with Crippen LogP contribution in [0.2, 0.25) is 0 Å². The van der Waals surface area contributed by atoms with Crippen LogP contribution in [0.3, 0.4) is 0 Å². The number of carbonyl (C=O) groups is 1. The second-order valence-electron chi connectivity index (χ2n) is 9.37. The Labute approximate surface area is 223 Å². The van der Waals surface area contributed by atoms with E-state index in [0.29, 0.717) is 24.4 Å². The molecule has 1 N–H and O–H groups in total. The molecule has 2 heterocycles. The van der Waals surface area contributed by atoms with Gasteiger partial charge in [-0.1, -0.05) is 36.4 Å². The lowest BCUT2D eigenvalue weighted by Gasteiger charge is -2.34. The number of fused-ring (bicyclic) bond motifs is 1. The minimum atomic E-state index is -3.68. The molecule has 5 rings (SSSR count). The topological polar surface area (TPSA) is 97.4 Å². The van der Waals surface area contributed by atoms with E-state index in [0.717, 1.165) is 42.3 Å². The van der Waals surface area contributed by atoms with Crippen LogP contribution in [0.1, 0.15) is 16.7 Å². The zero-order chi connectivity index (χ0) is 26.5. The number of hydrogen-bond acceptors (Lipinski definition) is 7. The average Bonchev–Trinajstić information content (AvgIpc) is 3.40. The molecule has 0 spiro atoms. The van der Waals surface area contributed by atoms with Gasteiger partial charge in [0.25, 0.3) is 5.91 Å². The van der Waals surface area contributed by atoms with Crippen molar-refractivity contribution in [3.8, 4) is 17.2 Å². The number of ether oxygens (including phenoxy) is 3. The van der Waals surface area contributed by atoms with Gasteiger partial charge in [0.2, 0.25) is 16.8 Å². The summed E-state index contributed by atoms with van der Waals surface area (Å²) < 4.78 is 44.6. The minimum absolute atomic E-state index is 0.0895. The van der Waals surface area contributed by atoms with E-state index >= 15 is 0 Å². The summed E-state index contributed by atoms with van der Waals surface area (Å²) in [6.07, 6.45) is 0. The number of nitrogens with zero attached hydrogens (tertiary/aromatic N) is 2. The summed E-state index contributed by atoms with van der Waals surface area (Å²) in [4.78, 5) is 17.0. The maximum atomic E-state index is 12.8. The summed E-state index contributed by atoms with van der Waals surface area (Å²) in [5.74, 6) is 1.95. The fourth-order valence-corrected chi connectivity index (χ4v) is 5.59. The van der Waals surface area contributed by atoms with Gasteiger partial charge < -0.3 is 19.1 Å². The highest BCUT2D eigenvalue weighted by Crippen LogP contribution is 2.33. The van der Waals surface area contributed by atoms with Gasteiger partial charge in [-0.25, -0.2) is 13.1 Å². The van der Waals surface area contributed by atoms with Gasteiger partial charge in [-0.3, -0.25) is 9.69 Å². The molecule has 200 valence electrons. The van der Waals surface area contributed by atoms with E-state index in [1.165, 1.54) is 6.07 Å². The number of sulfonamides is 1. The summed E-state index contributed by atoms with van der Waals surface area (Å²) in [6.45, 7) is 5.70. The number of amides is 1. The summed E-state index contributed by atoms with van der Waals surface area (Å²) in [6, 6.07) is 20.0. The van der Waals surface area contributed by atoms with Gasteiger partial charge in [0.15, 0.2) is 18.1 Å². The van der Waals surface area contributed by atoms with Crippen LogP contribution >= 0.6 is 0 Å². The van der Waals surface area contributed by atoms with E-state index in [1.807, 2.05) is 48.5 Å². The first-order valence-electron chi connectivity index (χ1n) is 12.5. The second kappa shape index (κ2) is 11.4. The lowest BCUT2D eigenvalue weighted by atomic mass is 10.1. The highest BCUT2D eigenvalue weighted by Gasteiger charge is 2.23. The van der Waals surface area contributed by atoms with Crippen molar-refractivity contribution in [2.45, 2.75) is 24.9 Å². The van der Waals surface area contributed by atoms with Crippen LogP contribution in [0.15, 0.2) is 71.6 Å². The van der Waals surface area contributed by atoms with Gasteiger partial charge in [-0.15, -0.1) is 0 Å².